The molecular formula is C15H24ClF3N2. The largest absolute Gasteiger partial charge is 0.416 e. The maximum absolute atomic E-state index is 12.6. The van der Waals surface area contributed by atoms with Gasteiger partial charge in [-0.1, -0.05) is 19.9 Å². The van der Waals surface area contributed by atoms with Crippen molar-refractivity contribution < 1.29 is 13.2 Å². The average Bonchev–Trinajstić information content (AvgIpc) is 2.29. The summed E-state index contributed by atoms with van der Waals surface area (Å²) in [7, 11) is 1.95. The third-order valence-electron chi connectivity index (χ3n) is 3.36. The van der Waals surface area contributed by atoms with E-state index in [1.54, 1.807) is 13.0 Å². The Bertz CT molecular complexity index is 459. The molecule has 1 aromatic carbocycles. The number of rotatable bonds is 5. The Labute approximate surface area is 130 Å². The van der Waals surface area contributed by atoms with Gasteiger partial charge in [-0.3, -0.25) is 0 Å². The molecule has 0 fully saturated rings. The monoisotopic (exact) mass is 324 g/mol. The second kappa shape index (κ2) is 7.47. The van der Waals surface area contributed by atoms with Gasteiger partial charge in [0.1, 0.15) is 0 Å². The minimum absolute atomic E-state index is 0. The molecule has 0 aliphatic carbocycles. The first-order valence-corrected chi connectivity index (χ1v) is 6.60. The molecule has 1 aromatic rings. The van der Waals surface area contributed by atoms with Crippen molar-refractivity contribution in [1.82, 2.24) is 4.90 Å². The fourth-order valence-electron chi connectivity index (χ4n) is 2.19. The SMILES string of the molecule is Cc1cc(C(F)(F)F)ccc1CN(C)CC(C)(C)CN.Cl. The van der Waals surface area contributed by atoms with Crippen LogP contribution in [0.5, 0.6) is 0 Å². The van der Waals surface area contributed by atoms with E-state index in [1.165, 1.54) is 6.07 Å². The lowest BCUT2D eigenvalue weighted by Gasteiger charge is -2.29. The highest BCUT2D eigenvalue weighted by atomic mass is 35.5. The van der Waals surface area contributed by atoms with E-state index in [0.29, 0.717) is 18.7 Å². The Morgan fingerprint density at radius 3 is 2.19 bits per heavy atom. The van der Waals surface area contributed by atoms with Gasteiger partial charge in [-0.05, 0) is 49.2 Å². The van der Waals surface area contributed by atoms with Crippen molar-refractivity contribution in [2.45, 2.75) is 33.5 Å². The summed E-state index contributed by atoms with van der Waals surface area (Å²) in [6.07, 6.45) is -4.28. The number of alkyl halides is 3. The molecule has 0 saturated carbocycles. The van der Waals surface area contributed by atoms with Gasteiger partial charge in [0.15, 0.2) is 0 Å². The van der Waals surface area contributed by atoms with Gasteiger partial charge in [0.05, 0.1) is 5.56 Å². The van der Waals surface area contributed by atoms with E-state index in [1.807, 2.05) is 7.05 Å². The second-order valence-electron chi connectivity index (χ2n) is 6.18. The molecular weight excluding hydrogens is 301 g/mol. The van der Waals surface area contributed by atoms with Crippen LogP contribution in [-0.4, -0.2) is 25.0 Å². The summed E-state index contributed by atoms with van der Waals surface area (Å²) in [5.41, 5.74) is 6.67. The zero-order valence-corrected chi connectivity index (χ0v) is 13.7. The fourth-order valence-corrected chi connectivity index (χ4v) is 2.19. The molecule has 0 radical (unpaired) electrons. The standard InChI is InChI=1S/C15H23F3N2.ClH/c1-11-7-13(15(16,17)18)6-5-12(11)8-20(4)10-14(2,3)9-19;/h5-7H,8-10,19H2,1-4H3;1H. The van der Waals surface area contributed by atoms with Crippen LogP contribution in [0.3, 0.4) is 0 Å². The van der Waals surface area contributed by atoms with Crippen LogP contribution in [0, 0.1) is 12.3 Å². The van der Waals surface area contributed by atoms with Crippen molar-refractivity contribution in [3.8, 4) is 0 Å². The summed E-state index contributed by atoms with van der Waals surface area (Å²) in [6, 6.07) is 3.91. The Kier molecular flexibility index (Phi) is 7.20. The number of benzene rings is 1. The molecule has 0 bridgehead atoms. The van der Waals surface area contributed by atoms with Crippen LogP contribution < -0.4 is 5.73 Å². The quantitative estimate of drug-likeness (QED) is 0.891. The van der Waals surface area contributed by atoms with Gasteiger partial charge < -0.3 is 10.6 Å². The number of nitrogens with two attached hydrogens (primary N) is 1. The minimum Gasteiger partial charge on any atom is -0.330 e. The molecule has 122 valence electrons. The summed E-state index contributed by atoms with van der Waals surface area (Å²) in [4.78, 5) is 2.09. The van der Waals surface area contributed by atoms with Crippen molar-refractivity contribution in [2.75, 3.05) is 20.1 Å². The Morgan fingerprint density at radius 1 is 1.19 bits per heavy atom. The van der Waals surface area contributed by atoms with E-state index in [-0.39, 0.29) is 17.8 Å². The van der Waals surface area contributed by atoms with Crippen LogP contribution in [0.2, 0.25) is 0 Å². The van der Waals surface area contributed by atoms with Crippen LogP contribution >= 0.6 is 12.4 Å². The summed E-state index contributed by atoms with van der Waals surface area (Å²) in [6.45, 7) is 7.85. The average molecular weight is 325 g/mol. The highest BCUT2D eigenvalue weighted by Crippen LogP contribution is 2.30. The van der Waals surface area contributed by atoms with Gasteiger partial charge in [0.25, 0.3) is 0 Å². The van der Waals surface area contributed by atoms with Crippen LogP contribution in [0.25, 0.3) is 0 Å². The summed E-state index contributed by atoms with van der Waals surface area (Å²) in [5, 5.41) is 0. The molecule has 0 saturated heterocycles. The van der Waals surface area contributed by atoms with E-state index in [2.05, 4.69) is 18.7 Å². The van der Waals surface area contributed by atoms with Gasteiger partial charge in [0.2, 0.25) is 0 Å². The van der Waals surface area contributed by atoms with E-state index in [9.17, 15) is 13.2 Å². The minimum atomic E-state index is -4.28. The normalized spacial score (nSPS) is 12.4. The van der Waals surface area contributed by atoms with Gasteiger partial charge in [-0.25, -0.2) is 0 Å². The van der Waals surface area contributed by atoms with Gasteiger partial charge >= 0.3 is 6.18 Å². The van der Waals surface area contributed by atoms with E-state index in [4.69, 9.17) is 5.73 Å². The number of halogens is 4. The van der Waals surface area contributed by atoms with Gasteiger partial charge in [-0.15, -0.1) is 12.4 Å². The van der Waals surface area contributed by atoms with Crippen molar-refractivity contribution in [3.05, 3.63) is 34.9 Å². The van der Waals surface area contributed by atoms with E-state index >= 15 is 0 Å². The first-order valence-electron chi connectivity index (χ1n) is 6.60. The molecule has 0 aromatic heterocycles. The second-order valence-corrected chi connectivity index (χ2v) is 6.18. The van der Waals surface area contributed by atoms with Crippen molar-refractivity contribution in [3.63, 3.8) is 0 Å². The molecule has 0 heterocycles. The molecule has 6 heteroatoms. The summed E-state index contributed by atoms with van der Waals surface area (Å²) < 4.78 is 37.8. The molecule has 0 aliphatic heterocycles. The third-order valence-corrected chi connectivity index (χ3v) is 3.36. The first-order chi connectivity index (χ1) is 9.05. The molecule has 21 heavy (non-hydrogen) atoms. The molecule has 0 amide bonds. The number of nitrogens with zero attached hydrogens (tertiary/aromatic N) is 1. The third kappa shape index (κ3) is 6.24. The Hall–Kier alpha value is -0.780. The van der Waals surface area contributed by atoms with Gasteiger partial charge in [0, 0.05) is 13.1 Å². The number of hydrogen-bond donors (Lipinski definition) is 1. The summed E-state index contributed by atoms with van der Waals surface area (Å²) >= 11 is 0. The number of aryl methyl sites for hydroxylation is 1. The van der Waals surface area contributed by atoms with Crippen molar-refractivity contribution >= 4 is 12.4 Å². The molecule has 2 N–H and O–H groups in total. The first kappa shape index (κ1) is 20.2. The predicted molar refractivity (Wildman–Crippen MR) is 82.6 cm³/mol. The topological polar surface area (TPSA) is 29.3 Å². The van der Waals surface area contributed by atoms with Crippen LogP contribution in [0.15, 0.2) is 18.2 Å². The molecule has 0 unspecified atom stereocenters. The lowest BCUT2D eigenvalue weighted by molar-refractivity contribution is -0.137. The molecule has 0 aliphatic rings. The van der Waals surface area contributed by atoms with Crippen molar-refractivity contribution in [1.29, 1.82) is 0 Å². The molecule has 0 atom stereocenters. The van der Waals surface area contributed by atoms with Crippen LogP contribution in [0.1, 0.15) is 30.5 Å². The lowest BCUT2D eigenvalue weighted by Crippen LogP contribution is -2.36. The number of hydrogen-bond acceptors (Lipinski definition) is 2. The zero-order chi connectivity index (χ0) is 15.6. The zero-order valence-electron chi connectivity index (χ0n) is 12.9. The van der Waals surface area contributed by atoms with Crippen molar-refractivity contribution in [2.24, 2.45) is 11.1 Å². The lowest BCUT2D eigenvalue weighted by atomic mass is 9.93. The maximum Gasteiger partial charge on any atom is 0.416 e. The highest BCUT2D eigenvalue weighted by Gasteiger charge is 2.30. The Morgan fingerprint density at radius 2 is 1.76 bits per heavy atom. The smallest absolute Gasteiger partial charge is 0.330 e. The van der Waals surface area contributed by atoms with Gasteiger partial charge in [-0.2, -0.15) is 13.2 Å². The van der Waals surface area contributed by atoms with Crippen LogP contribution in [0.4, 0.5) is 13.2 Å². The summed E-state index contributed by atoms with van der Waals surface area (Å²) in [5.74, 6) is 0. The Balaban J connectivity index is 0.00000400. The maximum atomic E-state index is 12.6. The molecule has 0 spiro atoms. The van der Waals surface area contributed by atoms with E-state index < -0.39 is 11.7 Å². The predicted octanol–water partition coefficient (Wildman–Crippen LogP) is 3.85. The molecule has 1 rings (SSSR count). The van der Waals surface area contributed by atoms with E-state index in [0.717, 1.165) is 18.2 Å². The van der Waals surface area contributed by atoms with Crippen LogP contribution in [-0.2, 0) is 12.7 Å². The highest BCUT2D eigenvalue weighted by molar-refractivity contribution is 5.85. The molecule has 2 nitrogen and oxygen atoms in total. The fraction of sp³-hybridized carbons (Fsp3) is 0.600.